The third-order valence-corrected chi connectivity index (χ3v) is 2.64. The highest BCUT2D eigenvalue weighted by Gasteiger charge is 2.11. The minimum atomic E-state index is 0.108. The first-order valence-corrected chi connectivity index (χ1v) is 5.64. The van der Waals surface area contributed by atoms with Gasteiger partial charge in [0.05, 0.1) is 0 Å². The monoisotopic (exact) mass is 223 g/mol. The molecule has 0 bridgehead atoms. The first-order chi connectivity index (χ1) is 7.06. The fourth-order valence-electron chi connectivity index (χ4n) is 1.58. The summed E-state index contributed by atoms with van der Waals surface area (Å²) in [7, 11) is 1.81. The van der Waals surface area contributed by atoms with Gasteiger partial charge in [0.25, 0.3) is 0 Å². The van der Waals surface area contributed by atoms with Crippen LogP contribution in [0.4, 0.5) is 5.69 Å². The van der Waals surface area contributed by atoms with Gasteiger partial charge in [0.1, 0.15) is 0 Å². The Bertz CT molecular complexity index is 363. The first kappa shape index (κ1) is 12.1. The molecule has 0 fully saturated rings. The van der Waals surface area contributed by atoms with E-state index < -0.39 is 0 Å². The fraction of sp³-hybridized carbons (Fsp3) is 0.417. The van der Waals surface area contributed by atoms with Gasteiger partial charge in [-0.1, -0.05) is 17.7 Å². The minimum absolute atomic E-state index is 0.108. The van der Waals surface area contributed by atoms with Crippen molar-refractivity contribution < 1.29 is 4.79 Å². The van der Waals surface area contributed by atoms with Crippen LogP contribution in [0.2, 0.25) is 0 Å². The second-order valence-electron chi connectivity index (χ2n) is 3.72. The maximum absolute atomic E-state index is 11.7. The molecule has 1 rings (SSSR count). The van der Waals surface area contributed by atoms with Gasteiger partial charge in [-0.05, 0) is 31.2 Å². The Balaban J connectivity index is 2.91. The quantitative estimate of drug-likeness (QED) is 0.781. The number of hydrogen-bond acceptors (Lipinski definition) is 2. The normalized spacial score (nSPS) is 10.1. The fourth-order valence-corrected chi connectivity index (χ4v) is 1.77. The molecule has 0 spiro atoms. The topological polar surface area (TPSA) is 20.3 Å². The van der Waals surface area contributed by atoms with Gasteiger partial charge in [0.15, 0.2) is 0 Å². The lowest BCUT2D eigenvalue weighted by atomic mass is 10.1. The lowest BCUT2D eigenvalue weighted by Crippen LogP contribution is -2.26. The second kappa shape index (κ2) is 5.21. The Kier molecular flexibility index (Phi) is 4.21. The molecular formula is C12H17NOS. The zero-order valence-electron chi connectivity index (χ0n) is 9.45. The number of hydrogen-bond donors (Lipinski definition) is 1. The molecule has 1 aromatic carbocycles. The Labute approximate surface area is 96.7 Å². The Hall–Kier alpha value is -0.960. The van der Waals surface area contributed by atoms with Crippen molar-refractivity contribution in [2.75, 3.05) is 17.7 Å². The number of thiol groups is 1. The van der Waals surface area contributed by atoms with Gasteiger partial charge in [-0.2, -0.15) is 12.6 Å². The maximum Gasteiger partial charge on any atom is 0.227 e. The molecule has 0 heterocycles. The Morgan fingerprint density at radius 3 is 2.60 bits per heavy atom. The van der Waals surface area contributed by atoms with E-state index in [0.717, 1.165) is 11.3 Å². The highest BCUT2D eigenvalue weighted by Crippen LogP contribution is 2.20. The average molecular weight is 223 g/mol. The standard InChI is InChI=1S/C12H17NOS/c1-9-4-5-11(10(2)8-9)13(3)12(14)6-7-15/h4-5,8,15H,6-7H2,1-3H3. The van der Waals surface area contributed by atoms with Crippen LogP contribution in [-0.4, -0.2) is 18.7 Å². The number of carbonyl (C=O) groups is 1. The number of rotatable bonds is 3. The van der Waals surface area contributed by atoms with Gasteiger partial charge in [0, 0.05) is 19.2 Å². The highest BCUT2D eigenvalue weighted by molar-refractivity contribution is 7.80. The van der Waals surface area contributed by atoms with Gasteiger partial charge < -0.3 is 4.90 Å². The van der Waals surface area contributed by atoms with Crippen LogP contribution >= 0.6 is 12.6 Å². The molecule has 2 nitrogen and oxygen atoms in total. The molecule has 0 aliphatic heterocycles. The Morgan fingerprint density at radius 1 is 1.40 bits per heavy atom. The molecule has 0 saturated heterocycles. The molecule has 0 unspecified atom stereocenters. The number of nitrogens with zero attached hydrogens (tertiary/aromatic N) is 1. The highest BCUT2D eigenvalue weighted by atomic mass is 32.1. The smallest absolute Gasteiger partial charge is 0.227 e. The molecular weight excluding hydrogens is 206 g/mol. The number of benzene rings is 1. The predicted molar refractivity (Wildman–Crippen MR) is 67.8 cm³/mol. The summed E-state index contributed by atoms with van der Waals surface area (Å²) in [5, 5.41) is 0. The molecule has 1 aromatic rings. The molecule has 0 saturated carbocycles. The van der Waals surface area contributed by atoms with Crippen LogP contribution in [0.1, 0.15) is 17.5 Å². The van der Waals surface area contributed by atoms with E-state index in [-0.39, 0.29) is 5.91 Å². The van der Waals surface area contributed by atoms with Gasteiger partial charge in [-0.15, -0.1) is 0 Å². The van der Waals surface area contributed by atoms with E-state index in [0.29, 0.717) is 12.2 Å². The van der Waals surface area contributed by atoms with Crippen molar-refractivity contribution in [3.8, 4) is 0 Å². The SMILES string of the molecule is Cc1ccc(N(C)C(=O)CCS)c(C)c1. The molecule has 0 aromatic heterocycles. The third-order valence-electron chi connectivity index (χ3n) is 2.41. The minimum Gasteiger partial charge on any atom is -0.315 e. The maximum atomic E-state index is 11.7. The number of aryl methyl sites for hydroxylation is 2. The van der Waals surface area contributed by atoms with Crippen molar-refractivity contribution in [3.05, 3.63) is 29.3 Å². The largest absolute Gasteiger partial charge is 0.315 e. The summed E-state index contributed by atoms with van der Waals surface area (Å²) in [6, 6.07) is 6.09. The second-order valence-corrected chi connectivity index (χ2v) is 4.16. The van der Waals surface area contributed by atoms with Gasteiger partial charge in [0.2, 0.25) is 5.91 Å². The van der Waals surface area contributed by atoms with Gasteiger partial charge >= 0.3 is 0 Å². The summed E-state index contributed by atoms with van der Waals surface area (Å²) in [5.41, 5.74) is 3.32. The molecule has 0 radical (unpaired) electrons. The van der Waals surface area contributed by atoms with Crippen molar-refractivity contribution in [1.29, 1.82) is 0 Å². The summed E-state index contributed by atoms with van der Waals surface area (Å²) in [5.74, 6) is 0.700. The van der Waals surface area contributed by atoms with Crippen LogP contribution < -0.4 is 4.90 Å². The van der Waals surface area contributed by atoms with Crippen LogP contribution in [0.5, 0.6) is 0 Å². The van der Waals surface area contributed by atoms with Gasteiger partial charge in [-0.3, -0.25) is 4.79 Å². The summed E-state index contributed by atoms with van der Waals surface area (Å²) in [6.07, 6.45) is 0.479. The molecule has 82 valence electrons. The van der Waals surface area contributed by atoms with Crippen LogP contribution in [0.3, 0.4) is 0 Å². The third kappa shape index (κ3) is 2.99. The zero-order chi connectivity index (χ0) is 11.4. The zero-order valence-corrected chi connectivity index (χ0v) is 10.3. The average Bonchev–Trinajstić information content (AvgIpc) is 2.17. The van der Waals surface area contributed by atoms with E-state index in [1.165, 1.54) is 5.56 Å². The summed E-state index contributed by atoms with van der Waals surface area (Å²) < 4.78 is 0. The van der Waals surface area contributed by atoms with Crippen molar-refractivity contribution in [2.24, 2.45) is 0 Å². The van der Waals surface area contributed by atoms with Gasteiger partial charge in [-0.25, -0.2) is 0 Å². The summed E-state index contributed by atoms with van der Waals surface area (Å²) in [4.78, 5) is 13.4. The molecule has 15 heavy (non-hydrogen) atoms. The molecule has 0 aliphatic rings. The van der Waals surface area contributed by atoms with Crippen molar-refractivity contribution in [3.63, 3.8) is 0 Å². The predicted octanol–water partition coefficient (Wildman–Crippen LogP) is 2.59. The first-order valence-electron chi connectivity index (χ1n) is 5.01. The molecule has 0 N–H and O–H groups in total. The lowest BCUT2D eigenvalue weighted by molar-refractivity contribution is -0.117. The number of anilines is 1. The summed E-state index contributed by atoms with van der Waals surface area (Å²) >= 11 is 4.06. The number of amides is 1. The molecule has 1 amide bonds. The van der Waals surface area contributed by atoms with Crippen molar-refractivity contribution in [1.82, 2.24) is 0 Å². The lowest BCUT2D eigenvalue weighted by Gasteiger charge is -2.19. The van der Waals surface area contributed by atoms with E-state index in [1.807, 2.05) is 33.0 Å². The van der Waals surface area contributed by atoms with Crippen LogP contribution in [0, 0.1) is 13.8 Å². The van der Waals surface area contributed by atoms with Crippen molar-refractivity contribution >= 4 is 24.2 Å². The van der Waals surface area contributed by atoms with Crippen LogP contribution in [-0.2, 0) is 4.79 Å². The summed E-state index contributed by atoms with van der Waals surface area (Å²) in [6.45, 7) is 4.07. The van der Waals surface area contributed by atoms with Crippen molar-refractivity contribution in [2.45, 2.75) is 20.3 Å². The molecule has 0 atom stereocenters. The Morgan fingerprint density at radius 2 is 2.07 bits per heavy atom. The van der Waals surface area contributed by atoms with E-state index in [4.69, 9.17) is 0 Å². The van der Waals surface area contributed by atoms with E-state index >= 15 is 0 Å². The molecule has 0 aliphatic carbocycles. The van der Waals surface area contributed by atoms with E-state index in [9.17, 15) is 4.79 Å². The van der Waals surface area contributed by atoms with E-state index in [1.54, 1.807) is 4.90 Å². The number of carbonyl (C=O) groups excluding carboxylic acids is 1. The van der Waals surface area contributed by atoms with Crippen LogP contribution in [0.15, 0.2) is 18.2 Å². The van der Waals surface area contributed by atoms with E-state index in [2.05, 4.69) is 18.7 Å². The molecule has 3 heteroatoms. The van der Waals surface area contributed by atoms with Crippen LogP contribution in [0.25, 0.3) is 0 Å².